The normalized spacial score (nSPS) is 20.0. The van der Waals surface area contributed by atoms with Crippen LogP contribution in [0.4, 0.5) is 4.79 Å². The van der Waals surface area contributed by atoms with Crippen molar-refractivity contribution in [3.63, 3.8) is 0 Å². The lowest BCUT2D eigenvalue weighted by Gasteiger charge is -2.42. The highest BCUT2D eigenvalue weighted by Crippen LogP contribution is 2.41. The largest absolute Gasteiger partial charge is 0.327 e. The van der Waals surface area contributed by atoms with Crippen molar-refractivity contribution < 1.29 is 9.59 Å². The van der Waals surface area contributed by atoms with Gasteiger partial charge in [-0.05, 0) is 67.0 Å². The van der Waals surface area contributed by atoms with Crippen LogP contribution >= 0.6 is 0 Å². The number of imide groups is 1. The lowest BCUT2D eigenvalue weighted by atomic mass is 9.85. The summed E-state index contributed by atoms with van der Waals surface area (Å²) >= 11 is 0. The van der Waals surface area contributed by atoms with Gasteiger partial charge in [0.15, 0.2) is 0 Å². The van der Waals surface area contributed by atoms with Crippen LogP contribution in [0, 0.1) is 5.92 Å². The lowest BCUT2D eigenvalue weighted by molar-refractivity contribution is -0.137. The zero-order chi connectivity index (χ0) is 25.6. The van der Waals surface area contributed by atoms with Crippen molar-refractivity contribution in [1.82, 2.24) is 24.3 Å². The van der Waals surface area contributed by atoms with Crippen LogP contribution < -0.4 is 0 Å². The van der Waals surface area contributed by atoms with Crippen LogP contribution in [-0.4, -0.2) is 67.4 Å². The fraction of sp³-hybridized carbons (Fsp3) is 0.433. The maximum Gasteiger partial charge on any atom is 0.327 e. The number of hydrogen-bond acceptors (Lipinski definition) is 4. The van der Waals surface area contributed by atoms with Gasteiger partial charge in [0.05, 0.1) is 11.9 Å². The first-order valence-electron chi connectivity index (χ1n) is 13.5. The number of carbonyl (C=O) groups is 2. The average Bonchev–Trinajstić information content (AvgIpc) is 3.59. The van der Waals surface area contributed by atoms with E-state index in [1.165, 1.54) is 16.8 Å². The molecule has 2 aromatic heterocycles. The molecular weight excluding hydrogens is 462 g/mol. The molecule has 3 aliphatic rings. The number of likely N-dealkylation sites (tertiary alicyclic amines) is 1. The molecule has 7 heteroatoms. The zero-order valence-corrected chi connectivity index (χ0v) is 21.7. The van der Waals surface area contributed by atoms with E-state index in [1.807, 2.05) is 29.3 Å². The van der Waals surface area contributed by atoms with Crippen LogP contribution in [0.25, 0.3) is 5.69 Å². The van der Waals surface area contributed by atoms with Crippen LogP contribution in [0.5, 0.6) is 0 Å². The van der Waals surface area contributed by atoms with Crippen molar-refractivity contribution in [3.8, 4) is 5.69 Å². The molecule has 2 fully saturated rings. The first kappa shape index (κ1) is 23.9. The average molecular weight is 498 g/mol. The highest BCUT2D eigenvalue weighted by molar-refractivity contribution is 6.07. The van der Waals surface area contributed by atoms with Gasteiger partial charge in [-0.25, -0.2) is 4.79 Å². The third-order valence-corrected chi connectivity index (χ3v) is 8.34. The number of carbonyl (C=O) groups excluding carboxylic acids is 2. The van der Waals surface area contributed by atoms with Gasteiger partial charge in [0.25, 0.3) is 5.91 Å². The van der Waals surface area contributed by atoms with Crippen LogP contribution in [0.2, 0.25) is 0 Å². The SMILES string of the molecule is CC(C)CN1C(=O)N(C2Cc3ccccc3C2)C(=O)C12CCN(Cc1cccn1-c1cccnc1)CC2. The summed E-state index contributed by atoms with van der Waals surface area (Å²) in [6.07, 6.45) is 8.60. The molecule has 0 bridgehead atoms. The zero-order valence-electron chi connectivity index (χ0n) is 21.7. The van der Waals surface area contributed by atoms with E-state index >= 15 is 0 Å². The number of rotatable bonds is 6. The van der Waals surface area contributed by atoms with Gasteiger partial charge in [-0.3, -0.25) is 19.6 Å². The molecule has 2 aliphatic heterocycles. The lowest BCUT2D eigenvalue weighted by Crippen LogP contribution is -2.57. The summed E-state index contributed by atoms with van der Waals surface area (Å²) in [5.74, 6) is 0.324. The number of nitrogens with zero attached hydrogens (tertiary/aromatic N) is 5. The molecule has 0 saturated carbocycles. The molecule has 192 valence electrons. The van der Waals surface area contributed by atoms with Crippen molar-refractivity contribution in [2.75, 3.05) is 19.6 Å². The van der Waals surface area contributed by atoms with Gasteiger partial charge in [0.2, 0.25) is 0 Å². The van der Waals surface area contributed by atoms with Crippen molar-refractivity contribution in [2.45, 2.75) is 57.7 Å². The van der Waals surface area contributed by atoms with E-state index < -0.39 is 5.54 Å². The summed E-state index contributed by atoms with van der Waals surface area (Å²) in [5, 5.41) is 0. The van der Waals surface area contributed by atoms with Gasteiger partial charge in [-0.1, -0.05) is 38.1 Å². The summed E-state index contributed by atoms with van der Waals surface area (Å²) in [7, 11) is 0. The summed E-state index contributed by atoms with van der Waals surface area (Å²) in [6, 6.07) is 16.4. The first-order chi connectivity index (χ1) is 18.0. The number of pyridine rings is 1. The fourth-order valence-electron chi connectivity index (χ4n) is 6.49. The molecule has 2 saturated heterocycles. The number of amides is 3. The second-order valence-electron chi connectivity index (χ2n) is 11.2. The second-order valence-corrected chi connectivity index (χ2v) is 11.2. The van der Waals surface area contributed by atoms with Crippen molar-refractivity contribution in [1.29, 1.82) is 0 Å². The maximum atomic E-state index is 14.1. The van der Waals surface area contributed by atoms with Crippen molar-refractivity contribution >= 4 is 11.9 Å². The van der Waals surface area contributed by atoms with E-state index in [0.717, 1.165) is 38.2 Å². The Kier molecular flexibility index (Phi) is 6.11. The molecule has 1 aromatic carbocycles. The number of urea groups is 1. The third-order valence-electron chi connectivity index (χ3n) is 8.34. The van der Waals surface area contributed by atoms with E-state index in [1.54, 1.807) is 11.1 Å². The summed E-state index contributed by atoms with van der Waals surface area (Å²) < 4.78 is 2.17. The van der Waals surface area contributed by atoms with Crippen molar-refractivity contribution in [3.05, 3.63) is 83.9 Å². The van der Waals surface area contributed by atoms with E-state index in [-0.39, 0.29) is 18.0 Å². The molecule has 6 rings (SSSR count). The summed E-state index contributed by atoms with van der Waals surface area (Å²) in [4.78, 5) is 38.2. The third kappa shape index (κ3) is 4.15. The van der Waals surface area contributed by atoms with Crippen LogP contribution in [0.15, 0.2) is 67.1 Å². The molecule has 0 N–H and O–H groups in total. The molecular formula is C30H35N5O2. The van der Waals surface area contributed by atoms with Crippen LogP contribution in [0.1, 0.15) is 43.5 Å². The highest BCUT2D eigenvalue weighted by atomic mass is 16.2. The van der Waals surface area contributed by atoms with Crippen LogP contribution in [0.3, 0.4) is 0 Å². The topological polar surface area (TPSA) is 61.7 Å². The Bertz CT molecular complexity index is 1270. The molecule has 3 aromatic rings. The molecule has 3 amide bonds. The van der Waals surface area contributed by atoms with Gasteiger partial charge >= 0.3 is 6.03 Å². The molecule has 0 atom stereocenters. The molecule has 4 heterocycles. The monoisotopic (exact) mass is 497 g/mol. The minimum Gasteiger partial charge on any atom is -0.318 e. The maximum absolute atomic E-state index is 14.1. The fourth-order valence-corrected chi connectivity index (χ4v) is 6.49. The number of fused-ring (bicyclic) bond motifs is 1. The number of benzene rings is 1. The van der Waals surface area contributed by atoms with Gasteiger partial charge in [-0.2, -0.15) is 0 Å². The Labute approximate surface area is 218 Å². The smallest absolute Gasteiger partial charge is 0.318 e. The second kappa shape index (κ2) is 9.45. The summed E-state index contributed by atoms with van der Waals surface area (Å²) in [5.41, 5.74) is 4.04. The minimum absolute atomic E-state index is 0.0225. The number of aromatic nitrogens is 2. The standard InChI is InChI=1S/C30H35N5O2/c1-22(2)20-34-29(37)35(27-17-23-7-3-4-8-24(23)18-27)28(36)30(34)11-15-32(16-12-30)21-26-10-6-14-33(26)25-9-5-13-31-19-25/h3-10,13-14,19,22,27H,11-12,15-18,20-21H2,1-2H3. The number of hydrogen-bond donors (Lipinski definition) is 0. The first-order valence-corrected chi connectivity index (χ1v) is 13.5. The van der Waals surface area contributed by atoms with E-state index in [2.05, 4.69) is 64.8 Å². The predicted octanol–water partition coefficient (Wildman–Crippen LogP) is 4.29. The Hall–Kier alpha value is -3.45. The Morgan fingerprint density at radius 1 is 0.973 bits per heavy atom. The van der Waals surface area contributed by atoms with E-state index in [9.17, 15) is 9.59 Å². The molecule has 1 aliphatic carbocycles. The number of piperidine rings is 1. The molecule has 7 nitrogen and oxygen atoms in total. The van der Waals surface area contributed by atoms with E-state index in [4.69, 9.17) is 0 Å². The van der Waals surface area contributed by atoms with Gasteiger partial charge in [0, 0.05) is 50.3 Å². The molecule has 1 spiro atoms. The quantitative estimate of drug-likeness (QED) is 0.477. The Morgan fingerprint density at radius 3 is 2.35 bits per heavy atom. The van der Waals surface area contributed by atoms with Crippen molar-refractivity contribution in [2.24, 2.45) is 5.92 Å². The Balaban J connectivity index is 1.20. The molecule has 37 heavy (non-hydrogen) atoms. The van der Waals surface area contributed by atoms with Crippen LogP contribution in [-0.2, 0) is 24.2 Å². The highest BCUT2D eigenvalue weighted by Gasteiger charge is 2.59. The summed E-state index contributed by atoms with van der Waals surface area (Å²) in [6.45, 7) is 7.23. The van der Waals surface area contributed by atoms with E-state index in [0.29, 0.717) is 25.3 Å². The molecule has 0 unspecified atom stereocenters. The molecule has 0 radical (unpaired) electrons. The predicted molar refractivity (Wildman–Crippen MR) is 142 cm³/mol. The Morgan fingerprint density at radius 2 is 1.70 bits per heavy atom. The van der Waals surface area contributed by atoms with Gasteiger partial charge in [-0.15, -0.1) is 0 Å². The van der Waals surface area contributed by atoms with Gasteiger partial charge < -0.3 is 9.47 Å². The van der Waals surface area contributed by atoms with Gasteiger partial charge in [0.1, 0.15) is 5.54 Å². The minimum atomic E-state index is -0.724.